The fourth-order valence-electron chi connectivity index (χ4n) is 1.91. The molecule has 3 aromatic rings. The third kappa shape index (κ3) is 2.00. The van der Waals surface area contributed by atoms with Crippen molar-refractivity contribution in [2.24, 2.45) is 0 Å². The molecule has 0 aliphatic carbocycles. The van der Waals surface area contributed by atoms with Gasteiger partial charge in [0.15, 0.2) is 0 Å². The van der Waals surface area contributed by atoms with Crippen molar-refractivity contribution >= 4 is 22.5 Å². The summed E-state index contributed by atoms with van der Waals surface area (Å²) in [7, 11) is 0. The Morgan fingerprint density at radius 2 is 1.94 bits per heavy atom. The molecular formula is C14H12N4. The molecule has 1 aromatic carbocycles. The lowest BCUT2D eigenvalue weighted by Gasteiger charge is -2.07. The fourth-order valence-corrected chi connectivity index (χ4v) is 1.91. The van der Waals surface area contributed by atoms with Gasteiger partial charge < -0.3 is 5.32 Å². The average molecular weight is 236 g/mol. The molecule has 0 saturated carbocycles. The maximum atomic E-state index is 4.55. The Labute approximate surface area is 105 Å². The lowest BCUT2D eigenvalue weighted by Crippen LogP contribution is -1.97. The number of nitrogens with zero attached hydrogens (tertiary/aromatic N) is 3. The molecule has 2 heterocycles. The first kappa shape index (κ1) is 10.7. The SMILES string of the molecule is Cc1cc(Nc2cnccn2)nc2ccccc12. The van der Waals surface area contributed by atoms with Gasteiger partial charge in [0.1, 0.15) is 11.6 Å². The summed E-state index contributed by atoms with van der Waals surface area (Å²) in [5.41, 5.74) is 2.16. The van der Waals surface area contributed by atoms with Crippen LogP contribution in [-0.4, -0.2) is 15.0 Å². The lowest BCUT2D eigenvalue weighted by atomic mass is 10.1. The highest BCUT2D eigenvalue weighted by Crippen LogP contribution is 2.21. The molecule has 0 atom stereocenters. The maximum absolute atomic E-state index is 4.55. The molecule has 0 fully saturated rings. The van der Waals surface area contributed by atoms with Crippen LogP contribution in [0, 0.1) is 6.92 Å². The monoisotopic (exact) mass is 236 g/mol. The van der Waals surface area contributed by atoms with Gasteiger partial charge >= 0.3 is 0 Å². The summed E-state index contributed by atoms with van der Waals surface area (Å²) in [6.07, 6.45) is 4.96. The van der Waals surface area contributed by atoms with E-state index in [0.717, 1.165) is 11.3 Å². The largest absolute Gasteiger partial charge is 0.324 e. The molecule has 3 rings (SSSR count). The average Bonchev–Trinajstić information content (AvgIpc) is 2.40. The molecule has 0 aliphatic rings. The second kappa shape index (κ2) is 4.41. The summed E-state index contributed by atoms with van der Waals surface area (Å²) in [4.78, 5) is 12.7. The number of rotatable bonds is 2. The summed E-state index contributed by atoms with van der Waals surface area (Å²) >= 11 is 0. The van der Waals surface area contributed by atoms with Crippen molar-refractivity contribution in [1.82, 2.24) is 15.0 Å². The maximum Gasteiger partial charge on any atom is 0.150 e. The van der Waals surface area contributed by atoms with Crippen molar-refractivity contribution in [2.75, 3.05) is 5.32 Å². The highest BCUT2D eigenvalue weighted by molar-refractivity contribution is 5.84. The Bertz CT molecular complexity index is 680. The molecule has 0 amide bonds. The molecule has 0 aliphatic heterocycles. The number of pyridine rings is 1. The van der Waals surface area contributed by atoms with Crippen LogP contribution in [0.15, 0.2) is 48.9 Å². The van der Waals surface area contributed by atoms with Gasteiger partial charge in [0.2, 0.25) is 0 Å². The van der Waals surface area contributed by atoms with Gasteiger partial charge in [0, 0.05) is 17.8 Å². The van der Waals surface area contributed by atoms with Crippen LogP contribution in [0.5, 0.6) is 0 Å². The van der Waals surface area contributed by atoms with Crippen molar-refractivity contribution in [3.05, 3.63) is 54.5 Å². The molecular weight excluding hydrogens is 224 g/mol. The first-order chi connectivity index (χ1) is 8.83. The van der Waals surface area contributed by atoms with Gasteiger partial charge in [0.05, 0.1) is 11.7 Å². The van der Waals surface area contributed by atoms with Crippen LogP contribution in [0.3, 0.4) is 0 Å². The third-order valence-corrected chi connectivity index (χ3v) is 2.74. The van der Waals surface area contributed by atoms with Crippen molar-refractivity contribution < 1.29 is 0 Å². The van der Waals surface area contributed by atoms with Gasteiger partial charge in [-0.05, 0) is 24.6 Å². The van der Waals surface area contributed by atoms with Crippen molar-refractivity contribution in [3.63, 3.8) is 0 Å². The van der Waals surface area contributed by atoms with Gasteiger partial charge in [-0.15, -0.1) is 0 Å². The van der Waals surface area contributed by atoms with Crippen LogP contribution in [0.1, 0.15) is 5.56 Å². The predicted octanol–water partition coefficient (Wildman–Crippen LogP) is 3.08. The highest BCUT2D eigenvalue weighted by atomic mass is 15.1. The predicted molar refractivity (Wildman–Crippen MR) is 71.8 cm³/mol. The molecule has 1 N–H and O–H groups in total. The van der Waals surface area contributed by atoms with Crippen molar-refractivity contribution in [2.45, 2.75) is 6.92 Å². The van der Waals surface area contributed by atoms with Crippen LogP contribution in [-0.2, 0) is 0 Å². The molecule has 2 aromatic heterocycles. The van der Waals surface area contributed by atoms with E-state index in [1.807, 2.05) is 24.3 Å². The van der Waals surface area contributed by atoms with Gasteiger partial charge in [-0.1, -0.05) is 18.2 Å². The van der Waals surface area contributed by atoms with Crippen LogP contribution in [0.2, 0.25) is 0 Å². The summed E-state index contributed by atoms with van der Waals surface area (Å²) in [5.74, 6) is 1.48. The molecule has 18 heavy (non-hydrogen) atoms. The van der Waals surface area contributed by atoms with Crippen LogP contribution in [0.25, 0.3) is 10.9 Å². The number of para-hydroxylation sites is 1. The number of nitrogens with one attached hydrogen (secondary N) is 1. The minimum Gasteiger partial charge on any atom is -0.324 e. The van der Waals surface area contributed by atoms with Crippen LogP contribution >= 0.6 is 0 Å². The van der Waals surface area contributed by atoms with E-state index in [-0.39, 0.29) is 0 Å². The molecule has 4 heteroatoms. The minimum atomic E-state index is 0.694. The number of hydrogen-bond acceptors (Lipinski definition) is 4. The molecule has 0 spiro atoms. The Balaban J connectivity index is 2.03. The minimum absolute atomic E-state index is 0.694. The number of benzene rings is 1. The summed E-state index contributed by atoms with van der Waals surface area (Å²) in [6.45, 7) is 2.08. The van der Waals surface area contributed by atoms with E-state index in [4.69, 9.17) is 0 Å². The summed E-state index contributed by atoms with van der Waals surface area (Å²) in [5, 5.41) is 4.32. The van der Waals surface area contributed by atoms with E-state index in [1.54, 1.807) is 18.6 Å². The van der Waals surface area contributed by atoms with Gasteiger partial charge in [-0.3, -0.25) is 4.98 Å². The number of aromatic nitrogens is 3. The smallest absolute Gasteiger partial charge is 0.150 e. The van der Waals surface area contributed by atoms with Gasteiger partial charge in [0.25, 0.3) is 0 Å². The van der Waals surface area contributed by atoms with E-state index < -0.39 is 0 Å². The normalized spacial score (nSPS) is 10.5. The zero-order valence-electron chi connectivity index (χ0n) is 9.96. The summed E-state index contributed by atoms with van der Waals surface area (Å²) < 4.78 is 0. The molecule has 0 bridgehead atoms. The third-order valence-electron chi connectivity index (χ3n) is 2.74. The molecule has 4 nitrogen and oxygen atoms in total. The first-order valence-corrected chi connectivity index (χ1v) is 5.72. The first-order valence-electron chi connectivity index (χ1n) is 5.72. The van der Waals surface area contributed by atoms with E-state index in [9.17, 15) is 0 Å². The molecule has 88 valence electrons. The van der Waals surface area contributed by atoms with Crippen LogP contribution in [0.4, 0.5) is 11.6 Å². The van der Waals surface area contributed by atoms with Gasteiger partial charge in [-0.2, -0.15) is 0 Å². The zero-order chi connectivity index (χ0) is 12.4. The van der Waals surface area contributed by atoms with E-state index in [0.29, 0.717) is 5.82 Å². The van der Waals surface area contributed by atoms with Crippen molar-refractivity contribution in [1.29, 1.82) is 0 Å². The second-order valence-corrected chi connectivity index (χ2v) is 4.06. The molecule has 0 unspecified atom stereocenters. The quantitative estimate of drug-likeness (QED) is 0.742. The Kier molecular flexibility index (Phi) is 2.61. The standard InChI is InChI=1S/C14H12N4/c1-10-8-13(18-14-9-15-6-7-16-14)17-12-5-3-2-4-11(10)12/h2-9H,1H3,(H,16,17,18). The van der Waals surface area contributed by atoms with Crippen LogP contribution < -0.4 is 5.32 Å². The van der Waals surface area contributed by atoms with Gasteiger partial charge in [-0.25, -0.2) is 9.97 Å². The highest BCUT2D eigenvalue weighted by Gasteiger charge is 2.02. The second-order valence-electron chi connectivity index (χ2n) is 4.06. The number of fused-ring (bicyclic) bond motifs is 1. The zero-order valence-corrected chi connectivity index (χ0v) is 9.96. The fraction of sp³-hybridized carbons (Fsp3) is 0.0714. The summed E-state index contributed by atoms with van der Waals surface area (Å²) in [6, 6.07) is 10.1. The topological polar surface area (TPSA) is 50.7 Å². The number of aryl methyl sites for hydroxylation is 1. The Morgan fingerprint density at radius 1 is 1.06 bits per heavy atom. The van der Waals surface area contributed by atoms with E-state index >= 15 is 0 Å². The van der Waals surface area contributed by atoms with E-state index in [1.165, 1.54) is 10.9 Å². The van der Waals surface area contributed by atoms with Crippen molar-refractivity contribution in [3.8, 4) is 0 Å². The Morgan fingerprint density at radius 3 is 2.78 bits per heavy atom. The number of hydrogen-bond donors (Lipinski definition) is 1. The number of anilines is 2. The lowest BCUT2D eigenvalue weighted by molar-refractivity contribution is 1.19. The van der Waals surface area contributed by atoms with E-state index in [2.05, 4.69) is 33.3 Å². The molecule has 0 saturated heterocycles. The molecule has 0 radical (unpaired) electrons. The Hall–Kier alpha value is -2.49.